The molecule has 0 spiro atoms. The van der Waals surface area contributed by atoms with Crippen LogP contribution >= 0.6 is 0 Å². The molecule has 5 heteroatoms. The Bertz CT molecular complexity index is 399. The maximum atomic E-state index is 9.52. The predicted molar refractivity (Wildman–Crippen MR) is 67.4 cm³/mol. The Labute approximate surface area is 107 Å². The lowest BCUT2D eigenvalue weighted by molar-refractivity contribution is 0.108. The second-order valence-corrected chi connectivity index (χ2v) is 5.02. The molecule has 1 aromatic heterocycles. The summed E-state index contributed by atoms with van der Waals surface area (Å²) in [6, 6.07) is 2.04. The van der Waals surface area contributed by atoms with Crippen molar-refractivity contribution in [3.63, 3.8) is 0 Å². The second kappa shape index (κ2) is 5.20. The third-order valence-corrected chi connectivity index (χ3v) is 3.72. The molecule has 2 fully saturated rings. The van der Waals surface area contributed by atoms with Crippen molar-refractivity contribution >= 4 is 5.82 Å². The Morgan fingerprint density at radius 1 is 1.22 bits per heavy atom. The zero-order chi connectivity index (χ0) is 12.4. The quantitative estimate of drug-likeness (QED) is 0.856. The average Bonchev–Trinajstić information content (AvgIpc) is 2.94. The van der Waals surface area contributed by atoms with Gasteiger partial charge in [0.25, 0.3) is 0 Å². The van der Waals surface area contributed by atoms with E-state index in [2.05, 4.69) is 14.9 Å². The van der Waals surface area contributed by atoms with Gasteiger partial charge < -0.3 is 14.7 Å². The number of anilines is 1. The standard InChI is InChI=1S/C13H19N3O2/c17-10-3-5-16(6-4-10)13-8-11(14-9-15-13)12-2-1-7-18-12/h8-10,12,17H,1-7H2. The SMILES string of the molecule is OC1CCN(c2cc(C3CCCO3)ncn2)CC1. The van der Waals surface area contributed by atoms with Gasteiger partial charge in [0.2, 0.25) is 0 Å². The van der Waals surface area contributed by atoms with Crippen LogP contribution in [0.1, 0.15) is 37.5 Å². The number of rotatable bonds is 2. The minimum Gasteiger partial charge on any atom is -0.393 e. The highest BCUT2D eigenvalue weighted by molar-refractivity contribution is 5.39. The lowest BCUT2D eigenvalue weighted by Gasteiger charge is -2.30. The van der Waals surface area contributed by atoms with Crippen molar-refractivity contribution < 1.29 is 9.84 Å². The van der Waals surface area contributed by atoms with Crippen LogP contribution in [-0.2, 0) is 4.74 Å². The Morgan fingerprint density at radius 2 is 2.06 bits per heavy atom. The molecule has 2 aliphatic heterocycles. The number of aromatic nitrogens is 2. The number of hydrogen-bond donors (Lipinski definition) is 1. The fourth-order valence-corrected chi connectivity index (χ4v) is 2.62. The van der Waals surface area contributed by atoms with Gasteiger partial charge >= 0.3 is 0 Å². The molecule has 1 unspecified atom stereocenters. The van der Waals surface area contributed by atoms with Gasteiger partial charge in [-0.2, -0.15) is 0 Å². The summed E-state index contributed by atoms with van der Waals surface area (Å²) in [7, 11) is 0. The molecule has 0 aliphatic carbocycles. The summed E-state index contributed by atoms with van der Waals surface area (Å²) in [5.41, 5.74) is 0.989. The number of piperidine rings is 1. The van der Waals surface area contributed by atoms with E-state index < -0.39 is 0 Å². The number of aliphatic hydroxyl groups is 1. The number of nitrogens with zero attached hydrogens (tertiary/aromatic N) is 3. The topological polar surface area (TPSA) is 58.5 Å². The van der Waals surface area contributed by atoms with Crippen LogP contribution < -0.4 is 4.90 Å². The third-order valence-electron chi connectivity index (χ3n) is 3.72. The first-order valence-electron chi connectivity index (χ1n) is 6.69. The molecule has 1 N–H and O–H groups in total. The molecule has 2 saturated heterocycles. The summed E-state index contributed by atoms with van der Waals surface area (Å²) in [5.74, 6) is 0.961. The highest BCUT2D eigenvalue weighted by atomic mass is 16.5. The maximum absolute atomic E-state index is 9.52. The van der Waals surface area contributed by atoms with Crippen LogP contribution in [0.25, 0.3) is 0 Å². The minimum absolute atomic E-state index is 0.141. The number of ether oxygens (including phenoxy) is 1. The van der Waals surface area contributed by atoms with Crippen molar-refractivity contribution in [2.24, 2.45) is 0 Å². The van der Waals surface area contributed by atoms with Crippen molar-refractivity contribution in [3.8, 4) is 0 Å². The average molecular weight is 249 g/mol. The van der Waals surface area contributed by atoms with Crippen molar-refractivity contribution in [3.05, 3.63) is 18.1 Å². The highest BCUT2D eigenvalue weighted by Gasteiger charge is 2.22. The first-order valence-corrected chi connectivity index (χ1v) is 6.69. The molecule has 1 atom stereocenters. The largest absolute Gasteiger partial charge is 0.393 e. The molecule has 3 heterocycles. The first-order chi connectivity index (χ1) is 8.83. The zero-order valence-corrected chi connectivity index (χ0v) is 10.5. The van der Waals surface area contributed by atoms with E-state index in [1.165, 1.54) is 0 Å². The molecular weight excluding hydrogens is 230 g/mol. The van der Waals surface area contributed by atoms with E-state index in [9.17, 15) is 5.11 Å². The molecule has 0 amide bonds. The summed E-state index contributed by atoms with van der Waals surface area (Å²) in [5, 5.41) is 9.52. The van der Waals surface area contributed by atoms with Crippen LogP contribution in [0.15, 0.2) is 12.4 Å². The van der Waals surface area contributed by atoms with Gasteiger partial charge in [-0.25, -0.2) is 9.97 Å². The van der Waals surface area contributed by atoms with E-state index in [4.69, 9.17) is 4.74 Å². The number of aliphatic hydroxyl groups excluding tert-OH is 1. The molecule has 18 heavy (non-hydrogen) atoms. The lowest BCUT2D eigenvalue weighted by Crippen LogP contribution is -2.36. The molecule has 3 rings (SSSR count). The molecule has 5 nitrogen and oxygen atoms in total. The summed E-state index contributed by atoms with van der Waals surface area (Å²) in [6.07, 6.45) is 5.41. The van der Waals surface area contributed by atoms with Crippen LogP contribution in [-0.4, -0.2) is 40.9 Å². The van der Waals surface area contributed by atoms with Crippen molar-refractivity contribution in [2.45, 2.75) is 37.9 Å². The van der Waals surface area contributed by atoms with Crippen molar-refractivity contribution in [1.29, 1.82) is 0 Å². The van der Waals surface area contributed by atoms with Gasteiger partial charge in [0.15, 0.2) is 0 Å². The lowest BCUT2D eigenvalue weighted by atomic mass is 10.1. The Balaban J connectivity index is 1.74. The predicted octanol–water partition coefficient (Wildman–Crippen LogP) is 1.29. The Kier molecular flexibility index (Phi) is 3.43. The highest BCUT2D eigenvalue weighted by Crippen LogP contribution is 2.28. The van der Waals surface area contributed by atoms with Crippen LogP contribution in [0.3, 0.4) is 0 Å². The van der Waals surface area contributed by atoms with E-state index in [1.54, 1.807) is 6.33 Å². The van der Waals surface area contributed by atoms with Gasteiger partial charge in [-0.3, -0.25) is 0 Å². The Morgan fingerprint density at radius 3 is 2.78 bits per heavy atom. The van der Waals surface area contributed by atoms with E-state index >= 15 is 0 Å². The molecule has 98 valence electrons. The summed E-state index contributed by atoms with van der Waals surface area (Å²) >= 11 is 0. The second-order valence-electron chi connectivity index (χ2n) is 5.02. The molecule has 0 saturated carbocycles. The van der Waals surface area contributed by atoms with Crippen molar-refractivity contribution in [2.75, 3.05) is 24.6 Å². The number of hydrogen-bond acceptors (Lipinski definition) is 5. The monoisotopic (exact) mass is 249 g/mol. The van der Waals surface area contributed by atoms with Crippen LogP contribution in [0.2, 0.25) is 0 Å². The molecule has 1 aromatic rings. The molecule has 0 aromatic carbocycles. The normalized spacial score (nSPS) is 25.6. The maximum Gasteiger partial charge on any atom is 0.132 e. The zero-order valence-electron chi connectivity index (χ0n) is 10.5. The molecule has 0 radical (unpaired) electrons. The van der Waals surface area contributed by atoms with Gasteiger partial charge in [-0.1, -0.05) is 0 Å². The van der Waals surface area contributed by atoms with Gasteiger partial charge in [-0.05, 0) is 25.7 Å². The summed E-state index contributed by atoms with van der Waals surface area (Å²) < 4.78 is 5.65. The molecule has 0 bridgehead atoms. The molecular formula is C13H19N3O2. The van der Waals surface area contributed by atoms with Crippen LogP contribution in [0.4, 0.5) is 5.82 Å². The van der Waals surface area contributed by atoms with Crippen molar-refractivity contribution in [1.82, 2.24) is 9.97 Å². The van der Waals surface area contributed by atoms with Gasteiger partial charge in [0.05, 0.1) is 17.9 Å². The van der Waals surface area contributed by atoms with Crippen LogP contribution in [0, 0.1) is 0 Å². The third kappa shape index (κ3) is 2.47. The molecule has 2 aliphatic rings. The first kappa shape index (κ1) is 11.9. The Hall–Kier alpha value is -1.20. The van der Waals surface area contributed by atoms with Gasteiger partial charge in [0, 0.05) is 25.8 Å². The van der Waals surface area contributed by atoms with E-state index in [0.29, 0.717) is 0 Å². The van der Waals surface area contributed by atoms with E-state index in [1.807, 2.05) is 6.07 Å². The summed E-state index contributed by atoms with van der Waals surface area (Å²) in [6.45, 7) is 2.56. The fourth-order valence-electron chi connectivity index (χ4n) is 2.62. The fraction of sp³-hybridized carbons (Fsp3) is 0.692. The summed E-state index contributed by atoms with van der Waals surface area (Å²) in [4.78, 5) is 10.9. The van der Waals surface area contributed by atoms with E-state index in [0.717, 1.165) is 56.9 Å². The van der Waals surface area contributed by atoms with E-state index in [-0.39, 0.29) is 12.2 Å². The minimum atomic E-state index is -0.152. The van der Waals surface area contributed by atoms with Gasteiger partial charge in [-0.15, -0.1) is 0 Å². The van der Waals surface area contributed by atoms with Gasteiger partial charge in [0.1, 0.15) is 12.1 Å². The smallest absolute Gasteiger partial charge is 0.132 e. The van der Waals surface area contributed by atoms with Crippen LogP contribution in [0.5, 0.6) is 0 Å².